The highest BCUT2D eigenvalue weighted by molar-refractivity contribution is 5.70. The number of fused-ring (bicyclic) bond motifs is 5. The highest BCUT2D eigenvalue weighted by Crippen LogP contribution is 2.71. The predicted molar refractivity (Wildman–Crippen MR) is 128 cm³/mol. The first kappa shape index (κ1) is 25.2. The molecule has 8 nitrogen and oxygen atoms in total. The summed E-state index contributed by atoms with van der Waals surface area (Å²) in [7, 11) is 0. The zero-order valence-electron chi connectivity index (χ0n) is 21.3. The lowest BCUT2D eigenvalue weighted by molar-refractivity contribution is -0.255. The third-order valence-corrected chi connectivity index (χ3v) is 10.5. The average Bonchev–Trinajstić information content (AvgIpc) is 3.09. The summed E-state index contributed by atoms with van der Waals surface area (Å²) in [5, 5.41) is 12.4. The van der Waals surface area contributed by atoms with E-state index in [0.29, 0.717) is 44.9 Å². The van der Waals surface area contributed by atoms with Gasteiger partial charge in [0.2, 0.25) is 0 Å². The number of carbonyl (C=O) groups excluding carboxylic acids is 3. The molecule has 36 heavy (non-hydrogen) atoms. The van der Waals surface area contributed by atoms with E-state index in [1.807, 2.05) is 0 Å². The molecule has 0 radical (unpaired) electrons. The molecule has 196 valence electrons. The van der Waals surface area contributed by atoms with E-state index in [-0.39, 0.29) is 23.7 Å². The van der Waals surface area contributed by atoms with Crippen molar-refractivity contribution in [3.05, 3.63) is 34.4 Å². The topological polar surface area (TPSA) is 120 Å². The van der Waals surface area contributed by atoms with E-state index < -0.39 is 39.7 Å². The number of hydrogen-bond acceptors (Lipinski definition) is 8. The second-order valence-corrected chi connectivity index (χ2v) is 11.8. The van der Waals surface area contributed by atoms with Crippen molar-refractivity contribution in [2.24, 2.45) is 22.7 Å². The first-order valence-electron chi connectivity index (χ1n) is 13.1. The molecule has 4 saturated carbocycles. The molecule has 1 aromatic rings. The molecule has 8 heteroatoms. The Morgan fingerprint density at radius 3 is 2.42 bits per heavy atom. The summed E-state index contributed by atoms with van der Waals surface area (Å²) in [6.45, 7) is 4.85. The lowest BCUT2D eigenvalue weighted by Gasteiger charge is -2.65. The smallest absolute Gasteiger partial charge is 0.335 e. The minimum absolute atomic E-state index is 0.0415. The Kier molecular flexibility index (Phi) is 5.97. The van der Waals surface area contributed by atoms with Gasteiger partial charge in [-0.15, -0.1) is 0 Å². The molecule has 4 aliphatic rings. The van der Waals surface area contributed by atoms with E-state index in [9.17, 15) is 24.3 Å². The summed E-state index contributed by atoms with van der Waals surface area (Å²) in [5.41, 5.74) is -2.90. The maximum absolute atomic E-state index is 13.1. The van der Waals surface area contributed by atoms with Gasteiger partial charge in [0.1, 0.15) is 18.0 Å². The standard InChI is InChI=1S/C28H36O8/c1-17(30)35-20-6-11-26(16-29)22-7-10-25(3)21(19-4-5-24(32)34-15-19)9-13-28(25,33)23(22)8-12-27(26,14-20)36-18(2)31/h4-5,15-16,20-23,33H,6-14H2,1-3H3. The van der Waals surface area contributed by atoms with Crippen LogP contribution in [0.5, 0.6) is 0 Å². The van der Waals surface area contributed by atoms with Gasteiger partial charge in [-0.1, -0.05) is 6.92 Å². The van der Waals surface area contributed by atoms with Gasteiger partial charge >= 0.3 is 17.6 Å². The van der Waals surface area contributed by atoms with Crippen LogP contribution in [0.4, 0.5) is 0 Å². The van der Waals surface area contributed by atoms with E-state index in [0.717, 1.165) is 24.7 Å². The monoisotopic (exact) mass is 500 g/mol. The van der Waals surface area contributed by atoms with E-state index in [4.69, 9.17) is 13.9 Å². The molecule has 8 unspecified atom stereocenters. The van der Waals surface area contributed by atoms with Crippen LogP contribution in [-0.4, -0.2) is 40.6 Å². The number of carbonyl (C=O) groups is 3. The number of aliphatic hydroxyl groups is 1. The summed E-state index contributed by atoms with van der Waals surface area (Å²) in [4.78, 5) is 48.6. The molecule has 0 saturated heterocycles. The van der Waals surface area contributed by atoms with Crippen molar-refractivity contribution >= 4 is 18.2 Å². The summed E-state index contributed by atoms with van der Waals surface area (Å²) >= 11 is 0. The average molecular weight is 501 g/mol. The van der Waals surface area contributed by atoms with Crippen molar-refractivity contribution in [1.29, 1.82) is 0 Å². The molecule has 1 N–H and O–H groups in total. The van der Waals surface area contributed by atoms with Crippen molar-refractivity contribution in [3.8, 4) is 0 Å². The quantitative estimate of drug-likeness (QED) is 0.491. The highest BCUT2D eigenvalue weighted by Gasteiger charge is 2.72. The number of aldehydes is 1. The molecular formula is C28H36O8. The maximum atomic E-state index is 13.1. The van der Waals surface area contributed by atoms with Crippen LogP contribution in [0, 0.1) is 22.7 Å². The fourth-order valence-corrected chi connectivity index (χ4v) is 9.00. The Morgan fingerprint density at radius 2 is 1.78 bits per heavy atom. The molecule has 0 aliphatic heterocycles. The Hall–Kier alpha value is -2.48. The molecule has 4 aliphatic carbocycles. The summed E-state index contributed by atoms with van der Waals surface area (Å²) in [6.07, 6.45) is 7.20. The van der Waals surface area contributed by atoms with Gasteiger partial charge in [0.05, 0.1) is 17.3 Å². The van der Waals surface area contributed by atoms with Crippen molar-refractivity contribution in [3.63, 3.8) is 0 Å². The largest absolute Gasteiger partial charge is 0.462 e. The molecule has 0 amide bonds. The first-order valence-corrected chi connectivity index (χ1v) is 13.1. The minimum atomic E-state index is -1.05. The van der Waals surface area contributed by atoms with Crippen LogP contribution in [0.2, 0.25) is 0 Å². The zero-order chi connectivity index (χ0) is 25.9. The third-order valence-electron chi connectivity index (χ3n) is 10.5. The predicted octanol–water partition coefficient (Wildman–Crippen LogP) is 3.68. The molecule has 0 bridgehead atoms. The Bertz CT molecular complexity index is 1110. The Labute approximate surface area is 210 Å². The Morgan fingerprint density at radius 1 is 1.03 bits per heavy atom. The molecule has 8 atom stereocenters. The van der Waals surface area contributed by atoms with Gasteiger partial charge in [0, 0.05) is 31.7 Å². The molecule has 0 spiro atoms. The van der Waals surface area contributed by atoms with Crippen LogP contribution >= 0.6 is 0 Å². The fourth-order valence-electron chi connectivity index (χ4n) is 9.00. The fraction of sp³-hybridized carbons (Fsp3) is 0.714. The SMILES string of the molecule is CC(=O)OC1CCC2(C=O)C3CCC4(C)C(c5ccc(=O)oc5)CCC4(O)C3CCC2(OC(C)=O)C1. The maximum Gasteiger partial charge on any atom is 0.335 e. The van der Waals surface area contributed by atoms with Gasteiger partial charge in [-0.05, 0) is 80.8 Å². The van der Waals surface area contributed by atoms with Crippen molar-refractivity contribution < 1.29 is 33.4 Å². The van der Waals surface area contributed by atoms with Gasteiger partial charge in [-0.2, -0.15) is 0 Å². The van der Waals surface area contributed by atoms with Crippen LogP contribution in [0.15, 0.2) is 27.6 Å². The van der Waals surface area contributed by atoms with Gasteiger partial charge < -0.3 is 23.8 Å². The van der Waals surface area contributed by atoms with Crippen molar-refractivity contribution in [2.75, 3.05) is 0 Å². The van der Waals surface area contributed by atoms with Crippen LogP contribution in [0.1, 0.15) is 90.0 Å². The highest BCUT2D eigenvalue weighted by atomic mass is 16.6. The molecule has 1 heterocycles. The zero-order valence-corrected chi connectivity index (χ0v) is 21.3. The number of ether oxygens (including phenoxy) is 2. The molecule has 1 aromatic heterocycles. The van der Waals surface area contributed by atoms with Gasteiger partial charge in [0.15, 0.2) is 0 Å². The lowest BCUT2D eigenvalue weighted by atomic mass is 9.41. The van der Waals surface area contributed by atoms with E-state index >= 15 is 0 Å². The van der Waals surface area contributed by atoms with Crippen molar-refractivity contribution in [2.45, 2.75) is 102 Å². The van der Waals surface area contributed by atoms with Crippen LogP contribution in [0.3, 0.4) is 0 Å². The second kappa shape index (κ2) is 8.54. The van der Waals surface area contributed by atoms with E-state index in [1.54, 1.807) is 6.07 Å². The number of rotatable bonds is 4. The molecular weight excluding hydrogens is 464 g/mol. The van der Waals surface area contributed by atoms with Gasteiger partial charge in [-0.3, -0.25) is 9.59 Å². The van der Waals surface area contributed by atoms with E-state index in [1.165, 1.54) is 26.2 Å². The molecule has 4 fully saturated rings. The van der Waals surface area contributed by atoms with Gasteiger partial charge in [-0.25, -0.2) is 4.79 Å². The summed E-state index contributed by atoms with van der Waals surface area (Å²) in [5.74, 6) is -1.07. The summed E-state index contributed by atoms with van der Waals surface area (Å²) < 4.78 is 16.7. The lowest BCUT2D eigenvalue weighted by Crippen LogP contribution is -2.69. The first-order chi connectivity index (χ1) is 17.0. The molecule has 5 rings (SSSR count). The second-order valence-electron chi connectivity index (χ2n) is 11.8. The third kappa shape index (κ3) is 3.43. The molecule has 0 aromatic carbocycles. The number of esters is 2. The van der Waals surface area contributed by atoms with Crippen LogP contribution in [-0.2, 0) is 23.9 Å². The van der Waals surface area contributed by atoms with E-state index in [2.05, 4.69) is 6.92 Å². The Balaban J connectivity index is 1.52. The number of hydrogen-bond donors (Lipinski definition) is 1. The van der Waals surface area contributed by atoms with Crippen LogP contribution < -0.4 is 5.63 Å². The minimum Gasteiger partial charge on any atom is -0.462 e. The van der Waals surface area contributed by atoms with Crippen LogP contribution in [0.25, 0.3) is 0 Å². The van der Waals surface area contributed by atoms with Gasteiger partial charge in [0.25, 0.3) is 0 Å². The van der Waals surface area contributed by atoms with Crippen molar-refractivity contribution in [1.82, 2.24) is 0 Å². The summed E-state index contributed by atoms with van der Waals surface area (Å²) in [6, 6.07) is 3.23. The normalized spacial score (nSPS) is 43.4.